The molecule has 6 heteroatoms. The Morgan fingerprint density at radius 3 is 2.56 bits per heavy atom. The molecule has 5 rings (SSSR count). The second kappa shape index (κ2) is 9.65. The Morgan fingerprint density at radius 1 is 0.906 bits per heavy atom. The third-order valence-electron chi connectivity index (χ3n) is 7.72. The lowest BCUT2D eigenvalue weighted by molar-refractivity contribution is 0.261. The van der Waals surface area contributed by atoms with Gasteiger partial charge in [-0.3, -0.25) is 0 Å². The number of hydrogen-bond donors (Lipinski definition) is 1. The first-order valence-electron chi connectivity index (χ1n) is 12.3. The molecule has 2 aromatic rings. The molecule has 0 amide bonds. The van der Waals surface area contributed by atoms with E-state index >= 15 is 0 Å². The van der Waals surface area contributed by atoms with Gasteiger partial charge in [-0.25, -0.2) is 9.37 Å². The van der Waals surface area contributed by atoms with Crippen molar-refractivity contribution in [3.63, 3.8) is 0 Å². The topological polar surface area (TPSA) is 42.8 Å². The van der Waals surface area contributed by atoms with E-state index in [0.717, 1.165) is 69.3 Å². The number of aliphatic hydroxyl groups is 1. The van der Waals surface area contributed by atoms with Crippen LogP contribution in [0.25, 0.3) is 0 Å². The smallest absolute Gasteiger partial charge is 0.130 e. The quantitative estimate of drug-likeness (QED) is 0.722. The molecule has 0 radical (unpaired) electrons. The number of hydrogen-bond acceptors (Lipinski definition) is 5. The van der Waals surface area contributed by atoms with Crippen LogP contribution in [-0.2, 0) is 0 Å². The molecule has 3 fully saturated rings. The molecule has 4 heterocycles. The average molecular weight is 439 g/mol. The maximum atomic E-state index is 13.9. The number of aliphatic hydroxyl groups excluding tert-OH is 1. The molecule has 0 aliphatic carbocycles. The van der Waals surface area contributed by atoms with Crippen LogP contribution in [0.15, 0.2) is 42.6 Å². The third kappa shape index (κ3) is 4.42. The largest absolute Gasteiger partial charge is 0.396 e. The van der Waals surface area contributed by atoms with Crippen LogP contribution < -0.4 is 14.7 Å². The highest BCUT2D eigenvalue weighted by Gasteiger charge is 2.41. The number of pyridine rings is 1. The minimum absolute atomic E-state index is 0.158. The van der Waals surface area contributed by atoms with Crippen molar-refractivity contribution in [1.82, 2.24) is 4.98 Å². The summed E-state index contributed by atoms with van der Waals surface area (Å²) in [6.07, 6.45) is 9.81. The van der Waals surface area contributed by atoms with Crippen molar-refractivity contribution in [3.8, 4) is 0 Å². The van der Waals surface area contributed by atoms with E-state index in [9.17, 15) is 4.39 Å². The fourth-order valence-corrected chi connectivity index (χ4v) is 6.07. The first-order valence-corrected chi connectivity index (χ1v) is 12.3. The second-order valence-corrected chi connectivity index (χ2v) is 9.60. The third-order valence-corrected chi connectivity index (χ3v) is 7.72. The van der Waals surface area contributed by atoms with Gasteiger partial charge in [-0.1, -0.05) is 6.07 Å². The Morgan fingerprint density at radius 2 is 1.75 bits per heavy atom. The Kier molecular flexibility index (Phi) is 6.49. The van der Waals surface area contributed by atoms with Crippen LogP contribution in [0, 0.1) is 11.7 Å². The number of aromatic nitrogens is 1. The van der Waals surface area contributed by atoms with Gasteiger partial charge < -0.3 is 19.8 Å². The minimum atomic E-state index is -0.158. The molecule has 5 nitrogen and oxygen atoms in total. The summed E-state index contributed by atoms with van der Waals surface area (Å²) in [4.78, 5) is 12.2. The number of benzene rings is 1. The highest BCUT2D eigenvalue weighted by atomic mass is 19.1. The van der Waals surface area contributed by atoms with E-state index in [1.54, 1.807) is 6.07 Å². The molecule has 3 aliphatic heterocycles. The monoisotopic (exact) mass is 438 g/mol. The molecular formula is C26H35FN4O. The Bertz CT molecular complexity index is 901. The molecule has 2 atom stereocenters. The first-order chi connectivity index (χ1) is 15.7. The van der Waals surface area contributed by atoms with Crippen LogP contribution in [0.4, 0.5) is 21.6 Å². The van der Waals surface area contributed by atoms with E-state index in [4.69, 9.17) is 10.1 Å². The lowest BCUT2D eigenvalue weighted by Crippen LogP contribution is -2.50. The van der Waals surface area contributed by atoms with Gasteiger partial charge in [0.05, 0.1) is 12.1 Å². The first kappa shape index (κ1) is 21.5. The molecule has 0 unspecified atom stereocenters. The van der Waals surface area contributed by atoms with E-state index in [0.29, 0.717) is 18.7 Å². The molecule has 3 saturated heterocycles. The summed E-state index contributed by atoms with van der Waals surface area (Å²) in [7, 11) is 0. The number of fused-ring (bicyclic) bond motifs is 1. The van der Waals surface area contributed by atoms with E-state index in [-0.39, 0.29) is 5.82 Å². The summed E-state index contributed by atoms with van der Waals surface area (Å²) in [5.41, 5.74) is 2.28. The maximum absolute atomic E-state index is 13.9. The van der Waals surface area contributed by atoms with Gasteiger partial charge in [0, 0.05) is 56.4 Å². The molecule has 0 saturated carbocycles. The normalized spacial score (nSPS) is 24.1. The SMILES string of the molecule is OCCCC1CCN(c2ccnc(N3CC[C@@H]4[C@H]3CCCN4c3cccc(F)c3)c2)CC1. The molecule has 0 bridgehead atoms. The fourth-order valence-electron chi connectivity index (χ4n) is 6.07. The van der Waals surface area contributed by atoms with Crippen molar-refractivity contribution in [2.45, 2.75) is 57.0 Å². The van der Waals surface area contributed by atoms with Crippen molar-refractivity contribution in [3.05, 3.63) is 48.4 Å². The minimum Gasteiger partial charge on any atom is -0.396 e. The van der Waals surface area contributed by atoms with Crippen LogP contribution >= 0.6 is 0 Å². The van der Waals surface area contributed by atoms with Crippen molar-refractivity contribution in [2.24, 2.45) is 5.92 Å². The maximum Gasteiger partial charge on any atom is 0.130 e. The van der Waals surface area contributed by atoms with Crippen molar-refractivity contribution in [2.75, 3.05) is 47.5 Å². The number of halogens is 1. The lowest BCUT2D eigenvalue weighted by Gasteiger charge is -2.41. The predicted molar refractivity (Wildman–Crippen MR) is 128 cm³/mol. The number of nitrogens with zero attached hydrogens (tertiary/aromatic N) is 4. The summed E-state index contributed by atoms with van der Waals surface area (Å²) in [6, 6.07) is 12.3. The lowest BCUT2D eigenvalue weighted by atomic mass is 9.92. The van der Waals surface area contributed by atoms with Gasteiger partial charge in [0.2, 0.25) is 0 Å². The van der Waals surface area contributed by atoms with E-state index in [2.05, 4.69) is 26.8 Å². The summed E-state index contributed by atoms with van der Waals surface area (Å²) < 4.78 is 13.9. The molecular weight excluding hydrogens is 403 g/mol. The number of anilines is 3. The fraction of sp³-hybridized carbons (Fsp3) is 0.577. The molecule has 1 aromatic carbocycles. The van der Waals surface area contributed by atoms with Crippen LogP contribution in [-0.4, -0.2) is 55.0 Å². The van der Waals surface area contributed by atoms with Crippen LogP contribution in [0.3, 0.4) is 0 Å². The summed E-state index contributed by atoms with van der Waals surface area (Å²) in [5.74, 6) is 1.67. The molecule has 172 valence electrons. The molecule has 0 spiro atoms. The van der Waals surface area contributed by atoms with Gasteiger partial charge in [0.1, 0.15) is 11.6 Å². The molecule has 3 aliphatic rings. The van der Waals surface area contributed by atoms with Gasteiger partial charge >= 0.3 is 0 Å². The van der Waals surface area contributed by atoms with E-state index in [1.807, 2.05) is 18.3 Å². The molecule has 1 N–H and O–H groups in total. The second-order valence-electron chi connectivity index (χ2n) is 9.60. The van der Waals surface area contributed by atoms with Gasteiger partial charge in [-0.15, -0.1) is 0 Å². The highest BCUT2D eigenvalue weighted by Crippen LogP contribution is 2.37. The number of rotatable bonds is 6. The van der Waals surface area contributed by atoms with E-state index in [1.165, 1.54) is 31.0 Å². The van der Waals surface area contributed by atoms with Crippen molar-refractivity contribution >= 4 is 17.2 Å². The molecule has 1 aromatic heterocycles. The van der Waals surface area contributed by atoms with E-state index < -0.39 is 0 Å². The zero-order valence-electron chi connectivity index (χ0n) is 18.9. The zero-order valence-corrected chi connectivity index (χ0v) is 18.9. The van der Waals surface area contributed by atoms with Crippen LogP contribution in [0.1, 0.15) is 44.9 Å². The Labute approximate surface area is 190 Å². The Hall–Kier alpha value is -2.34. The van der Waals surface area contributed by atoms with Crippen LogP contribution in [0.5, 0.6) is 0 Å². The van der Waals surface area contributed by atoms with Gasteiger partial charge in [0.25, 0.3) is 0 Å². The molecule has 32 heavy (non-hydrogen) atoms. The standard InChI is InChI=1S/C26H35FN4O/c27-21-5-1-6-23(18-21)30-13-2-7-24-25(30)11-16-31(24)26-19-22(8-12-28-26)29-14-9-20(10-15-29)4-3-17-32/h1,5-6,8,12,18-20,24-25,32H,2-4,7,9-11,13-17H2/t24-,25-/m1/s1. The predicted octanol–water partition coefficient (Wildman–Crippen LogP) is 4.46. The average Bonchev–Trinajstić information content (AvgIpc) is 3.27. The van der Waals surface area contributed by atoms with Gasteiger partial charge in [0.15, 0.2) is 0 Å². The van der Waals surface area contributed by atoms with Crippen LogP contribution in [0.2, 0.25) is 0 Å². The summed E-state index contributed by atoms with van der Waals surface area (Å²) in [5, 5.41) is 9.10. The number of piperidine rings is 2. The zero-order chi connectivity index (χ0) is 21.9. The highest BCUT2D eigenvalue weighted by molar-refractivity contribution is 5.58. The van der Waals surface area contributed by atoms with Gasteiger partial charge in [-0.2, -0.15) is 0 Å². The summed E-state index contributed by atoms with van der Waals surface area (Å²) >= 11 is 0. The van der Waals surface area contributed by atoms with Gasteiger partial charge in [-0.05, 0) is 75.1 Å². The Balaban J connectivity index is 1.28. The van der Waals surface area contributed by atoms with Crippen molar-refractivity contribution in [1.29, 1.82) is 0 Å². The summed E-state index contributed by atoms with van der Waals surface area (Å²) in [6.45, 7) is 4.47. The van der Waals surface area contributed by atoms with Crippen molar-refractivity contribution < 1.29 is 9.50 Å².